The highest BCUT2D eigenvalue weighted by Crippen LogP contribution is 2.36. The Kier molecular flexibility index (Phi) is 7.63. The summed E-state index contributed by atoms with van der Waals surface area (Å²) in [7, 11) is -1.96. The topological polar surface area (TPSA) is 87.7 Å². The average Bonchev–Trinajstić information content (AvgIpc) is 2.94. The molecule has 4 rings (SSSR count). The monoisotopic (exact) mass is 489 g/mol. The van der Waals surface area contributed by atoms with Crippen LogP contribution in [0.15, 0.2) is 52.3 Å². The number of para-hydroxylation sites is 1. The van der Waals surface area contributed by atoms with Gasteiger partial charge in [0, 0.05) is 35.2 Å². The quantitative estimate of drug-likeness (QED) is 0.617. The van der Waals surface area contributed by atoms with E-state index in [4.69, 9.17) is 4.74 Å². The van der Waals surface area contributed by atoms with Crippen LogP contribution >= 0.6 is 11.8 Å². The lowest BCUT2D eigenvalue weighted by molar-refractivity contribution is -0.116. The molecule has 0 saturated carbocycles. The Hall–Kier alpha value is -2.07. The van der Waals surface area contributed by atoms with Crippen molar-refractivity contribution < 1.29 is 17.9 Å². The molecule has 1 saturated heterocycles. The van der Waals surface area contributed by atoms with Gasteiger partial charge in [-0.2, -0.15) is 0 Å². The van der Waals surface area contributed by atoms with Crippen LogP contribution in [-0.2, 0) is 21.4 Å². The molecule has 1 fully saturated rings. The first kappa shape index (κ1) is 24.1. The van der Waals surface area contributed by atoms with Gasteiger partial charge in [-0.3, -0.25) is 9.69 Å². The van der Waals surface area contributed by atoms with Crippen molar-refractivity contribution >= 4 is 33.4 Å². The number of carbonyl (C=O) groups is 1. The number of sulfonamides is 1. The molecule has 178 valence electrons. The fraction of sp³-hybridized carbons (Fsp3) is 0.458. The molecule has 2 N–H and O–H groups in total. The predicted octanol–water partition coefficient (Wildman–Crippen LogP) is 3.71. The summed E-state index contributed by atoms with van der Waals surface area (Å²) in [6.45, 7) is 5.09. The number of hydrogen-bond donors (Lipinski definition) is 2. The van der Waals surface area contributed by atoms with Crippen LogP contribution in [0.25, 0.3) is 0 Å². The van der Waals surface area contributed by atoms with Gasteiger partial charge in [-0.25, -0.2) is 13.1 Å². The van der Waals surface area contributed by atoms with E-state index < -0.39 is 10.0 Å². The molecule has 9 heteroatoms. The molecule has 0 radical (unpaired) electrons. The minimum atomic E-state index is -3.65. The van der Waals surface area contributed by atoms with E-state index in [0.717, 1.165) is 43.1 Å². The lowest BCUT2D eigenvalue weighted by atomic mass is 9.97. The molecule has 0 bridgehead atoms. The fourth-order valence-electron chi connectivity index (χ4n) is 4.33. The lowest BCUT2D eigenvalue weighted by Crippen LogP contribution is -2.38. The lowest BCUT2D eigenvalue weighted by Gasteiger charge is -2.32. The van der Waals surface area contributed by atoms with Gasteiger partial charge in [0.1, 0.15) is 5.75 Å². The van der Waals surface area contributed by atoms with E-state index in [1.807, 2.05) is 25.1 Å². The van der Waals surface area contributed by atoms with Crippen molar-refractivity contribution in [2.75, 3.05) is 32.1 Å². The van der Waals surface area contributed by atoms with Crippen LogP contribution in [0.3, 0.4) is 0 Å². The first-order chi connectivity index (χ1) is 15.8. The number of nitrogens with zero attached hydrogens (tertiary/aromatic N) is 1. The highest BCUT2D eigenvalue weighted by Gasteiger charge is 2.25. The summed E-state index contributed by atoms with van der Waals surface area (Å²) in [5, 5.41) is 2.99. The number of anilines is 1. The average molecular weight is 490 g/mol. The number of benzene rings is 2. The third-order valence-corrected chi connectivity index (χ3v) is 8.79. The second kappa shape index (κ2) is 10.5. The first-order valence-electron chi connectivity index (χ1n) is 11.3. The molecule has 0 aliphatic carbocycles. The molecule has 7 nitrogen and oxygen atoms in total. The number of carbonyl (C=O) groups excluding carboxylic acids is 1. The maximum atomic E-state index is 12.9. The van der Waals surface area contributed by atoms with Crippen LogP contribution in [0.4, 0.5) is 5.69 Å². The summed E-state index contributed by atoms with van der Waals surface area (Å²) in [6.07, 6.45) is 2.29. The molecular weight excluding hydrogens is 458 g/mol. The van der Waals surface area contributed by atoms with E-state index in [2.05, 4.69) is 21.0 Å². The number of ether oxygens (including phenoxy) is 1. The van der Waals surface area contributed by atoms with E-state index in [-0.39, 0.29) is 16.1 Å². The largest absolute Gasteiger partial charge is 0.496 e. The Balaban J connectivity index is 1.32. The molecule has 2 aliphatic rings. The molecule has 0 unspecified atom stereocenters. The fourth-order valence-corrected chi connectivity index (χ4v) is 6.53. The molecule has 2 heterocycles. The van der Waals surface area contributed by atoms with Crippen molar-refractivity contribution in [2.45, 2.75) is 47.8 Å². The Morgan fingerprint density at radius 2 is 1.94 bits per heavy atom. The Morgan fingerprint density at radius 1 is 1.18 bits per heavy atom. The van der Waals surface area contributed by atoms with Gasteiger partial charge in [-0.15, -0.1) is 11.8 Å². The van der Waals surface area contributed by atoms with Gasteiger partial charge in [0.05, 0.1) is 17.7 Å². The molecular formula is C24H31N3O4S2. The van der Waals surface area contributed by atoms with Gasteiger partial charge in [0.2, 0.25) is 15.9 Å². The van der Waals surface area contributed by atoms with Gasteiger partial charge in [0.15, 0.2) is 0 Å². The van der Waals surface area contributed by atoms with Crippen LogP contribution in [0.1, 0.15) is 31.7 Å². The summed E-state index contributed by atoms with van der Waals surface area (Å²) in [5.74, 6) is 1.11. The smallest absolute Gasteiger partial charge is 0.240 e. The molecule has 1 amide bonds. The molecule has 0 aromatic heterocycles. The van der Waals surface area contributed by atoms with Gasteiger partial charge in [-0.05, 0) is 56.1 Å². The second-order valence-corrected chi connectivity index (χ2v) is 12.0. The molecule has 0 spiro atoms. The van der Waals surface area contributed by atoms with Crippen LogP contribution in [0.5, 0.6) is 5.75 Å². The Labute approximate surface area is 200 Å². The Morgan fingerprint density at radius 3 is 2.70 bits per heavy atom. The number of rotatable bonds is 7. The zero-order valence-electron chi connectivity index (χ0n) is 19.0. The zero-order chi connectivity index (χ0) is 23.4. The van der Waals surface area contributed by atoms with Crippen molar-refractivity contribution in [1.82, 2.24) is 9.62 Å². The van der Waals surface area contributed by atoms with Crippen LogP contribution in [0, 0.1) is 5.92 Å². The number of amides is 1. The predicted molar refractivity (Wildman–Crippen MR) is 131 cm³/mol. The maximum absolute atomic E-state index is 12.9. The summed E-state index contributed by atoms with van der Waals surface area (Å²) >= 11 is 1.58. The van der Waals surface area contributed by atoms with Gasteiger partial charge in [0.25, 0.3) is 0 Å². The van der Waals surface area contributed by atoms with E-state index in [9.17, 15) is 13.2 Å². The molecule has 2 aromatic rings. The highest BCUT2D eigenvalue weighted by atomic mass is 32.2. The number of fused-ring (bicyclic) bond motifs is 1. The summed E-state index contributed by atoms with van der Waals surface area (Å²) in [6, 6.07) is 13.0. The van der Waals surface area contributed by atoms with E-state index in [0.29, 0.717) is 24.6 Å². The summed E-state index contributed by atoms with van der Waals surface area (Å²) in [5.41, 5.74) is 1.74. The molecule has 33 heavy (non-hydrogen) atoms. The first-order valence-corrected chi connectivity index (χ1v) is 13.6. The Bertz CT molecular complexity index is 1100. The van der Waals surface area contributed by atoms with Crippen LogP contribution in [0.2, 0.25) is 0 Å². The number of likely N-dealkylation sites (tertiary alicyclic amines) is 1. The van der Waals surface area contributed by atoms with E-state index >= 15 is 0 Å². The van der Waals surface area contributed by atoms with Crippen LogP contribution < -0.4 is 14.8 Å². The second-order valence-electron chi connectivity index (χ2n) is 8.72. The third kappa shape index (κ3) is 6.09. The van der Waals surface area contributed by atoms with Crippen molar-refractivity contribution in [3.63, 3.8) is 0 Å². The summed E-state index contributed by atoms with van der Waals surface area (Å²) < 4.78 is 34.1. The number of nitrogens with one attached hydrogen (secondary N) is 2. The van der Waals surface area contributed by atoms with Gasteiger partial charge in [-0.1, -0.05) is 25.1 Å². The van der Waals surface area contributed by atoms with E-state index in [1.165, 1.54) is 5.56 Å². The van der Waals surface area contributed by atoms with Crippen molar-refractivity contribution in [3.8, 4) is 5.75 Å². The zero-order valence-corrected chi connectivity index (χ0v) is 20.7. The van der Waals surface area contributed by atoms with Crippen LogP contribution in [-0.4, -0.2) is 51.2 Å². The number of hydrogen-bond acceptors (Lipinski definition) is 6. The third-order valence-electron chi connectivity index (χ3n) is 6.19. The normalized spacial score (nSPS) is 20.1. The van der Waals surface area contributed by atoms with E-state index in [1.54, 1.807) is 37.1 Å². The molecule has 2 aromatic carbocycles. The minimum absolute atomic E-state index is 0.0869. The van der Waals surface area contributed by atoms with Crippen molar-refractivity contribution in [2.24, 2.45) is 5.92 Å². The standard InChI is InChI=1S/C24H31N3O4S2/c1-17-13-24(28)26-21-14-20(7-8-23(21)32-17)33(29,30)25-15-18-9-11-27(12-10-18)16-19-5-3-4-6-22(19)31-2/h3-8,14,17-18,25H,9-13,15-16H2,1-2H3,(H,26,28)/t17-/m1/s1. The number of thioether (sulfide) groups is 1. The maximum Gasteiger partial charge on any atom is 0.240 e. The number of methoxy groups -OCH3 is 1. The summed E-state index contributed by atoms with van der Waals surface area (Å²) in [4.78, 5) is 15.5. The van der Waals surface area contributed by atoms with Crippen molar-refractivity contribution in [3.05, 3.63) is 48.0 Å². The minimum Gasteiger partial charge on any atom is -0.496 e. The van der Waals surface area contributed by atoms with Gasteiger partial charge >= 0.3 is 0 Å². The highest BCUT2D eigenvalue weighted by molar-refractivity contribution is 8.00. The SMILES string of the molecule is COc1ccccc1CN1CCC(CNS(=O)(=O)c2ccc3c(c2)NC(=O)C[C@@H](C)S3)CC1. The number of piperidine rings is 1. The van der Waals surface area contributed by atoms with Crippen molar-refractivity contribution in [1.29, 1.82) is 0 Å². The molecule has 2 aliphatic heterocycles. The van der Waals surface area contributed by atoms with Gasteiger partial charge < -0.3 is 10.1 Å². The molecule has 1 atom stereocenters.